The lowest BCUT2D eigenvalue weighted by atomic mass is 10.3. The molecule has 0 atom stereocenters. The van der Waals surface area contributed by atoms with Gasteiger partial charge in [0.05, 0.1) is 5.56 Å². The Labute approximate surface area is 112 Å². The van der Waals surface area contributed by atoms with E-state index in [-0.39, 0.29) is 12.4 Å². The van der Waals surface area contributed by atoms with Gasteiger partial charge in [-0.3, -0.25) is 0 Å². The Morgan fingerprint density at radius 1 is 1.10 bits per heavy atom. The van der Waals surface area contributed by atoms with Crippen molar-refractivity contribution in [3.8, 4) is 17.1 Å². The number of aromatic nitrogens is 6. The van der Waals surface area contributed by atoms with Gasteiger partial charge in [0.15, 0.2) is 11.6 Å². The predicted octanol–water partition coefficient (Wildman–Crippen LogP) is 1.37. The third-order valence-corrected chi connectivity index (χ3v) is 2.51. The maximum absolute atomic E-state index is 12.7. The van der Waals surface area contributed by atoms with Gasteiger partial charge in [-0.15, -0.1) is 5.10 Å². The van der Waals surface area contributed by atoms with Crippen LogP contribution in [0.2, 0.25) is 0 Å². The van der Waals surface area contributed by atoms with Crippen molar-refractivity contribution in [2.24, 2.45) is 0 Å². The van der Waals surface area contributed by atoms with Gasteiger partial charge in [0.2, 0.25) is 0 Å². The lowest BCUT2D eigenvalue weighted by Gasteiger charge is -2.05. The first-order valence-corrected chi connectivity index (χ1v) is 5.74. The number of benzene rings is 1. The molecule has 0 amide bonds. The summed E-state index contributed by atoms with van der Waals surface area (Å²) in [6, 6.07) is 5.75. The van der Waals surface area contributed by atoms with Crippen LogP contribution in [0, 0.1) is 5.82 Å². The van der Waals surface area contributed by atoms with E-state index in [9.17, 15) is 4.39 Å². The molecule has 0 bridgehead atoms. The average molecular weight is 272 g/mol. The largest absolute Gasteiger partial charge is 0.486 e. The van der Waals surface area contributed by atoms with Gasteiger partial charge in [0, 0.05) is 12.4 Å². The number of hydrogen-bond acceptors (Lipinski definition) is 6. The number of H-pyrrole nitrogens is 1. The molecule has 7 nitrogen and oxygen atoms in total. The Bertz CT molecular complexity index is 668. The van der Waals surface area contributed by atoms with Crippen LogP contribution in [-0.2, 0) is 6.61 Å². The van der Waals surface area contributed by atoms with Gasteiger partial charge in [-0.2, -0.15) is 0 Å². The normalized spacial score (nSPS) is 10.4. The van der Waals surface area contributed by atoms with Crippen LogP contribution in [0.1, 0.15) is 5.82 Å². The van der Waals surface area contributed by atoms with E-state index in [0.717, 1.165) is 0 Å². The van der Waals surface area contributed by atoms with Crippen LogP contribution >= 0.6 is 0 Å². The molecule has 0 aliphatic heterocycles. The molecular weight excluding hydrogens is 263 g/mol. The predicted molar refractivity (Wildman–Crippen MR) is 65.9 cm³/mol. The van der Waals surface area contributed by atoms with Gasteiger partial charge in [-0.05, 0) is 34.7 Å². The molecule has 0 fully saturated rings. The summed E-state index contributed by atoms with van der Waals surface area (Å²) in [4.78, 5) is 8.28. The summed E-state index contributed by atoms with van der Waals surface area (Å²) in [5.41, 5.74) is 0.681. The van der Waals surface area contributed by atoms with Crippen molar-refractivity contribution in [3.63, 3.8) is 0 Å². The minimum Gasteiger partial charge on any atom is -0.486 e. The van der Waals surface area contributed by atoms with Gasteiger partial charge in [0.1, 0.15) is 18.2 Å². The number of rotatable bonds is 4. The van der Waals surface area contributed by atoms with Gasteiger partial charge in [-0.1, -0.05) is 0 Å². The summed E-state index contributed by atoms with van der Waals surface area (Å²) >= 11 is 0. The molecule has 20 heavy (non-hydrogen) atoms. The monoisotopic (exact) mass is 272 g/mol. The van der Waals surface area contributed by atoms with Crippen molar-refractivity contribution in [1.29, 1.82) is 0 Å². The molecule has 3 rings (SSSR count). The van der Waals surface area contributed by atoms with Crippen LogP contribution in [0.3, 0.4) is 0 Å². The van der Waals surface area contributed by atoms with E-state index in [1.807, 2.05) is 0 Å². The first kappa shape index (κ1) is 12.2. The lowest BCUT2D eigenvalue weighted by molar-refractivity contribution is 0.295. The Kier molecular flexibility index (Phi) is 3.27. The molecule has 8 heteroatoms. The SMILES string of the molecule is Fc1ccc(OCc2ncc(-c3nnn[nH]3)cn2)cc1. The molecule has 100 valence electrons. The maximum Gasteiger partial charge on any atom is 0.182 e. The number of aromatic amines is 1. The van der Waals surface area contributed by atoms with Crippen LogP contribution < -0.4 is 4.74 Å². The quantitative estimate of drug-likeness (QED) is 0.771. The first-order chi connectivity index (χ1) is 9.81. The van der Waals surface area contributed by atoms with E-state index in [0.29, 0.717) is 23.0 Å². The Morgan fingerprint density at radius 3 is 2.50 bits per heavy atom. The van der Waals surface area contributed by atoms with Gasteiger partial charge >= 0.3 is 0 Å². The molecule has 0 aliphatic rings. The molecule has 2 aromatic heterocycles. The average Bonchev–Trinajstić information content (AvgIpc) is 3.01. The number of tetrazole rings is 1. The van der Waals surface area contributed by atoms with E-state index in [4.69, 9.17) is 4.74 Å². The fourth-order valence-corrected chi connectivity index (χ4v) is 1.51. The standard InChI is InChI=1S/C12H9FN6O/c13-9-1-3-10(4-2-9)20-7-11-14-5-8(6-15-11)12-16-18-19-17-12/h1-6H,7H2,(H,16,17,18,19). The molecule has 0 saturated carbocycles. The second-order valence-corrected chi connectivity index (χ2v) is 3.88. The van der Waals surface area contributed by atoms with Crippen LogP contribution in [0.5, 0.6) is 5.75 Å². The molecule has 1 N–H and O–H groups in total. The minimum absolute atomic E-state index is 0.195. The highest BCUT2D eigenvalue weighted by Crippen LogP contribution is 2.13. The van der Waals surface area contributed by atoms with Crippen LogP contribution in [-0.4, -0.2) is 30.6 Å². The third kappa shape index (κ3) is 2.74. The van der Waals surface area contributed by atoms with Crippen molar-refractivity contribution in [2.45, 2.75) is 6.61 Å². The molecule has 1 aromatic carbocycles. The van der Waals surface area contributed by atoms with Crippen molar-refractivity contribution in [3.05, 3.63) is 48.3 Å². The van der Waals surface area contributed by atoms with Gasteiger partial charge in [0.25, 0.3) is 0 Å². The van der Waals surface area contributed by atoms with E-state index >= 15 is 0 Å². The number of hydrogen-bond donors (Lipinski definition) is 1. The fourth-order valence-electron chi connectivity index (χ4n) is 1.51. The summed E-state index contributed by atoms with van der Waals surface area (Å²) in [7, 11) is 0. The minimum atomic E-state index is -0.307. The van der Waals surface area contributed by atoms with Crippen molar-refractivity contribution in [2.75, 3.05) is 0 Å². The molecule has 3 aromatic rings. The molecule has 0 aliphatic carbocycles. The third-order valence-electron chi connectivity index (χ3n) is 2.51. The molecule has 0 unspecified atom stereocenters. The molecule has 0 radical (unpaired) electrons. The summed E-state index contributed by atoms with van der Waals surface area (Å²) in [6.45, 7) is 0.195. The van der Waals surface area contributed by atoms with Gasteiger partial charge in [-0.25, -0.2) is 19.5 Å². The number of ether oxygens (including phenoxy) is 1. The second kappa shape index (κ2) is 5.39. The van der Waals surface area contributed by atoms with Crippen LogP contribution in [0.4, 0.5) is 4.39 Å². The summed E-state index contributed by atoms with van der Waals surface area (Å²) < 4.78 is 18.2. The molecule has 0 saturated heterocycles. The van der Waals surface area contributed by atoms with Crippen LogP contribution in [0.25, 0.3) is 11.4 Å². The Hall–Kier alpha value is -2.90. The number of nitrogens with zero attached hydrogens (tertiary/aromatic N) is 5. The Balaban J connectivity index is 1.65. The highest BCUT2D eigenvalue weighted by molar-refractivity contribution is 5.49. The van der Waals surface area contributed by atoms with E-state index < -0.39 is 0 Å². The summed E-state index contributed by atoms with van der Waals surface area (Å²) in [5, 5.41) is 13.3. The highest BCUT2D eigenvalue weighted by atomic mass is 19.1. The van der Waals surface area contributed by atoms with E-state index in [1.54, 1.807) is 24.5 Å². The molecule has 0 spiro atoms. The first-order valence-electron chi connectivity index (χ1n) is 5.74. The van der Waals surface area contributed by atoms with E-state index in [1.165, 1.54) is 12.1 Å². The lowest BCUT2D eigenvalue weighted by Crippen LogP contribution is -2.01. The fraction of sp³-hybridized carbons (Fsp3) is 0.0833. The van der Waals surface area contributed by atoms with Crippen LogP contribution in [0.15, 0.2) is 36.7 Å². The number of halogens is 1. The van der Waals surface area contributed by atoms with E-state index in [2.05, 4.69) is 30.6 Å². The van der Waals surface area contributed by atoms with Crippen molar-refractivity contribution < 1.29 is 9.13 Å². The van der Waals surface area contributed by atoms with Gasteiger partial charge < -0.3 is 4.74 Å². The summed E-state index contributed by atoms with van der Waals surface area (Å²) in [5.74, 6) is 1.25. The zero-order chi connectivity index (χ0) is 13.8. The van der Waals surface area contributed by atoms with Crippen molar-refractivity contribution >= 4 is 0 Å². The highest BCUT2D eigenvalue weighted by Gasteiger charge is 2.04. The van der Waals surface area contributed by atoms with Crippen molar-refractivity contribution in [1.82, 2.24) is 30.6 Å². The zero-order valence-electron chi connectivity index (χ0n) is 10.2. The zero-order valence-corrected chi connectivity index (χ0v) is 10.2. The second-order valence-electron chi connectivity index (χ2n) is 3.88. The topological polar surface area (TPSA) is 89.5 Å². The smallest absolute Gasteiger partial charge is 0.182 e. The summed E-state index contributed by atoms with van der Waals surface area (Å²) in [6.07, 6.45) is 3.19. The number of nitrogens with one attached hydrogen (secondary N) is 1. The Morgan fingerprint density at radius 2 is 1.85 bits per heavy atom. The molecular formula is C12H9FN6O. The maximum atomic E-state index is 12.7. The molecule has 2 heterocycles.